The predicted molar refractivity (Wildman–Crippen MR) is 110 cm³/mol. The molecule has 1 unspecified atom stereocenters. The quantitative estimate of drug-likeness (QED) is 0.440. The Morgan fingerprint density at radius 2 is 2.06 bits per heavy atom. The molecule has 2 aromatic heterocycles. The number of methoxy groups -OCH3 is 1. The molecule has 1 atom stereocenters. The number of phenolic OH excluding ortho intramolecular Hbond substituents is 1. The average molecular weight is 442 g/mol. The Bertz CT molecular complexity index is 1310. The number of aromatic hydroxyl groups is 1. The summed E-state index contributed by atoms with van der Waals surface area (Å²) in [5.41, 5.74) is 1.61. The second-order valence-electron chi connectivity index (χ2n) is 7.16. The molecule has 0 aliphatic heterocycles. The van der Waals surface area contributed by atoms with Crippen molar-refractivity contribution in [3.63, 3.8) is 0 Å². The molecule has 2 heterocycles. The number of alkyl halides is 2. The van der Waals surface area contributed by atoms with E-state index in [1.54, 1.807) is 47.3 Å². The lowest BCUT2D eigenvalue weighted by atomic mass is 10.1. The maximum atomic E-state index is 14.5. The maximum absolute atomic E-state index is 14.5. The summed E-state index contributed by atoms with van der Waals surface area (Å²) in [6.45, 7) is 0. The number of ether oxygens (including phenoxy) is 2. The smallest absolute Gasteiger partial charge is 0.351 e. The molecular formula is C22H16F2N2O4S. The third-order valence-electron chi connectivity index (χ3n) is 5.24. The zero-order valence-corrected chi connectivity index (χ0v) is 17.0. The van der Waals surface area contributed by atoms with Gasteiger partial charge in [0.15, 0.2) is 4.88 Å². The molecule has 4 aromatic rings. The van der Waals surface area contributed by atoms with Gasteiger partial charge in [0.05, 0.1) is 24.6 Å². The number of phenols is 1. The third-order valence-corrected chi connectivity index (χ3v) is 6.33. The molecule has 0 radical (unpaired) electrons. The molecule has 9 heteroatoms. The number of thiophene rings is 1. The van der Waals surface area contributed by atoms with Crippen LogP contribution in [0.1, 0.15) is 33.3 Å². The van der Waals surface area contributed by atoms with Crippen molar-refractivity contribution >= 4 is 28.3 Å². The molecule has 0 fully saturated rings. The van der Waals surface area contributed by atoms with E-state index < -0.39 is 24.4 Å². The van der Waals surface area contributed by atoms with Crippen molar-refractivity contribution in [1.29, 1.82) is 0 Å². The molecule has 0 amide bonds. The number of hydrogen-bond acceptors (Lipinski definition) is 6. The van der Waals surface area contributed by atoms with Crippen LogP contribution in [0.4, 0.5) is 8.78 Å². The predicted octanol–water partition coefficient (Wildman–Crippen LogP) is 5.19. The van der Waals surface area contributed by atoms with Gasteiger partial charge in [-0.15, -0.1) is 11.3 Å². The zero-order valence-electron chi connectivity index (χ0n) is 16.2. The summed E-state index contributed by atoms with van der Waals surface area (Å²) in [6.07, 6.45) is 0.139. The fraction of sp³-hybridized carbons (Fsp3) is 0.182. The topological polar surface area (TPSA) is 73.6 Å². The van der Waals surface area contributed by atoms with Crippen LogP contribution in [-0.4, -0.2) is 27.7 Å². The number of rotatable bonds is 4. The molecule has 31 heavy (non-hydrogen) atoms. The van der Waals surface area contributed by atoms with E-state index in [2.05, 4.69) is 4.98 Å². The lowest BCUT2D eigenvalue weighted by molar-refractivity contribution is -0.0250. The van der Waals surface area contributed by atoms with Gasteiger partial charge in [0.1, 0.15) is 28.9 Å². The molecule has 1 aliphatic carbocycles. The number of benzene rings is 2. The van der Waals surface area contributed by atoms with Crippen molar-refractivity contribution in [2.75, 3.05) is 7.11 Å². The standard InChI is InChI=1S/C22H16F2N2O4S/c1-29-21(28)20-17(30-18-10-22(23,24)14-5-3-2-4-13(14)18)9-19(31-20)26-11-25-15-7-6-12(27)8-16(15)26/h2-9,11,18,27H,10H2,1H3. The molecule has 1 N–H and O–H groups in total. The number of carbonyl (C=O) groups excluding carboxylic acids is 1. The second-order valence-corrected chi connectivity index (χ2v) is 8.19. The fourth-order valence-electron chi connectivity index (χ4n) is 3.80. The summed E-state index contributed by atoms with van der Waals surface area (Å²) in [6, 6.07) is 12.6. The maximum Gasteiger partial charge on any atom is 0.351 e. The van der Waals surface area contributed by atoms with Crippen LogP contribution < -0.4 is 4.74 Å². The lowest BCUT2D eigenvalue weighted by Gasteiger charge is -2.14. The van der Waals surface area contributed by atoms with Gasteiger partial charge in [0, 0.05) is 23.3 Å². The van der Waals surface area contributed by atoms with Crippen molar-refractivity contribution in [3.05, 3.63) is 70.9 Å². The summed E-state index contributed by atoms with van der Waals surface area (Å²) < 4.78 is 41.4. The molecule has 158 valence electrons. The average Bonchev–Trinajstić information content (AvgIpc) is 3.42. The number of esters is 1. The Morgan fingerprint density at radius 3 is 2.87 bits per heavy atom. The summed E-state index contributed by atoms with van der Waals surface area (Å²) in [7, 11) is 1.25. The van der Waals surface area contributed by atoms with Gasteiger partial charge < -0.3 is 14.6 Å². The highest BCUT2D eigenvalue weighted by Crippen LogP contribution is 2.49. The zero-order chi connectivity index (χ0) is 21.8. The Labute approximate surface area is 179 Å². The van der Waals surface area contributed by atoms with Crippen molar-refractivity contribution in [3.8, 4) is 16.5 Å². The normalized spacial score (nSPS) is 16.9. The first kappa shape index (κ1) is 19.5. The van der Waals surface area contributed by atoms with Crippen LogP contribution in [-0.2, 0) is 10.7 Å². The van der Waals surface area contributed by atoms with E-state index in [4.69, 9.17) is 9.47 Å². The van der Waals surface area contributed by atoms with Gasteiger partial charge in [0.2, 0.25) is 0 Å². The Morgan fingerprint density at radius 1 is 1.26 bits per heavy atom. The third kappa shape index (κ3) is 3.21. The van der Waals surface area contributed by atoms with Crippen molar-refractivity contribution < 1.29 is 28.2 Å². The van der Waals surface area contributed by atoms with Crippen LogP contribution in [0.5, 0.6) is 11.5 Å². The van der Waals surface area contributed by atoms with E-state index in [-0.39, 0.29) is 21.9 Å². The van der Waals surface area contributed by atoms with E-state index in [0.717, 1.165) is 11.3 Å². The van der Waals surface area contributed by atoms with Crippen LogP contribution in [0.2, 0.25) is 0 Å². The highest BCUT2D eigenvalue weighted by molar-refractivity contribution is 7.16. The fourth-order valence-corrected chi connectivity index (χ4v) is 4.79. The molecule has 0 bridgehead atoms. The molecular weight excluding hydrogens is 426 g/mol. The van der Waals surface area contributed by atoms with Crippen LogP contribution in [0.3, 0.4) is 0 Å². The summed E-state index contributed by atoms with van der Waals surface area (Å²) in [4.78, 5) is 16.8. The molecule has 1 aliphatic rings. The second kappa shape index (κ2) is 7.05. The number of aromatic nitrogens is 2. The molecule has 0 saturated carbocycles. The minimum Gasteiger partial charge on any atom is -0.508 e. The van der Waals surface area contributed by atoms with Gasteiger partial charge in [-0.3, -0.25) is 4.57 Å². The number of carbonyl (C=O) groups is 1. The van der Waals surface area contributed by atoms with E-state index in [9.17, 15) is 18.7 Å². The van der Waals surface area contributed by atoms with Gasteiger partial charge in [0.25, 0.3) is 5.92 Å². The van der Waals surface area contributed by atoms with Crippen molar-refractivity contribution in [1.82, 2.24) is 9.55 Å². The Hall–Kier alpha value is -3.46. The summed E-state index contributed by atoms with van der Waals surface area (Å²) in [5, 5.41) is 10.4. The van der Waals surface area contributed by atoms with E-state index >= 15 is 0 Å². The minimum absolute atomic E-state index is 0.0638. The number of fused-ring (bicyclic) bond motifs is 2. The van der Waals surface area contributed by atoms with Crippen LogP contribution in [0.15, 0.2) is 54.9 Å². The van der Waals surface area contributed by atoms with Crippen LogP contribution in [0, 0.1) is 0 Å². The van der Waals surface area contributed by atoms with Crippen LogP contribution in [0.25, 0.3) is 16.0 Å². The SMILES string of the molecule is COC(=O)c1sc(-n2cnc3ccc(O)cc32)cc1OC1CC(F)(F)c2ccccc21. The van der Waals surface area contributed by atoms with Crippen molar-refractivity contribution in [2.45, 2.75) is 18.4 Å². The first-order valence-electron chi connectivity index (χ1n) is 9.40. The van der Waals surface area contributed by atoms with Crippen molar-refractivity contribution in [2.24, 2.45) is 0 Å². The highest BCUT2D eigenvalue weighted by Gasteiger charge is 2.46. The largest absolute Gasteiger partial charge is 0.508 e. The Balaban J connectivity index is 1.57. The molecule has 6 nitrogen and oxygen atoms in total. The Kier molecular flexibility index (Phi) is 4.44. The van der Waals surface area contributed by atoms with Crippen LogP contribution >= 0.6 is 11.3 Å². The van der Waals surface area contributed by atoms with E-state index in [0.29, 0.717) is 21.6 Å². The molecule has 0 saturated heterocycles. The molecule has 0 spiro atoms. The number of imidazole rings is 1. The summed E-state index contributed by atoms with van der Waals surface area (Å²) in [5.74, 6) is -3.41. The highest BCUT2D eigenvalue weighted by atomic mass is 32.1. The van der Waals surface area contributed by atoms with Gasteiger partial charge >= 0.3 is 5.97 Å². The van der Waals surface area contributed by atoms with Gasteiger partial charge in [-0.1, -0.05) is 24.3 Å². The minimum atomic E-state index is -3.01. The lowest BCUT2D eigenvalue weighted by Crippen LogP contribution is -2.11. The first-order chi connectivity index (χ1) is 14.9. The van der Waals surface area contributed by atoms with E-state index in [1.807, 2.05) is 0 Å². The summed E-state index contributed by atoms with van der Waals surface area (Å²) >= 11 is 1.09. The number of halogens is 2. The van der Waals surface area contributed by atoms with Gasteiger partial charge in [-0.2, -0.15) is 0 Å². The van der Waals surface area contributed by atoms with Gasteiger partial charge in [-0.05, 0) is 12.1 Å². The van der Waals surface area contributed by atoms with Gasteiger partial charge in [-0.25, -0.2) is 18.6 Å². The molecule has 5 rings (SSSR count). The number of nitrogens with zero attached hydrogens (tertiary/aromatic N) is 2. The monoisotopic (exact) mass is 442 g/mol. The number of hydrogen-bond donors (Lipinski definition) is 1. The first-order valence-corrected chi connectivity index (χ1v) is 10.2. The molecule has 2 aromatic carbocycles. The van der Waals surface area contributed by atoms with E-state index in [1.165, 1.54) is 19.2 Å².